The van der Waals surface area contributed by atoms with Gasteiger partial charge in [0.15, 0.2) is 0 Å². The van der Waals surface area contributed by atoms with Crippen molar-refractivity contribution in [3.63, 3.8) is 0 Å². The van der Waals surface area contributed by atoms with Crippen LogP contribution in [0.15, 0.2) is 18.2 Å². The van der Waals surface area contributed by atoms with Crippen molar-refractivity contribution >= 4 is 0 Å². The number of fused-ring (bicyclic) bond motifs is 1. The molecule has 0 aliphatic heterocycles. The van der Waals surface area contributed by atoms with E-state index in [1.807, 2.05) is 12.1 Å². The Morgan fingerprint density at radius 2 is 2.25 bits per heavy atom. The molecule has 0 atom stereocenters. The highest BCUT2D eigenvalue weighted by Crippen LogP contribution is 2.37. The van der Waals surface area contributed by atoms with Crippen LogP contribution in [0.25, 0.3) is 11.1 Å². The third-order valence-electron chi connectivity index (χ3n) is 1.51. The molecule has 2 rings (SSSR count). The second-order valence-corrected chi connectivity index (χ2v) is 2.03. The monoisotopic (exact) mass is 106 g/mol. The predicted molar refractivity (Wildman–Crippen MR) is 31.4 cm³/mol. The standard InChI is InChI=1S/C7H6O/c8-4-6-2-1-5-3-7(5)6/h1-3,8H,4H2. The molecule has 1 nitrogen and oxygen atoms in total. The maximum absolute atomic E-state index is 8.62. The number of hydrogen-bond acceptors (Lipinski definition) is 1. The zero-order valence-corrected chi connectivity index (χ0v) is 4.39. The number of aliphatic hydroxyl groups is 1. The minimum atomic E-state index is 0.186. The molecule has 0 bridgehead atoms. The van der Waals surface area contributed by atoms with E-state index < -0.39 is 0 Å². The van der Waals surface area contributed by atoms with Gasteiger partial charge in [-0.3, -0.25) is 0 Å². The first-order valence-corrected chi connectivity index (χ1v) is 2.66. The first-order chi connectivity index (χ1) is 3.92. The number of rotatable bonds is 1. The molecule has 0 heterocycles. The Morgan fingerprint density at radius 3 is 2.50 bits per heavy atom. The lowest BCUT2D eigenvalue weighted by molar-refractivity contribution is 0.283. The van der Waals surface area contributed by atoms with Crippen LogP contribution in [-0.2, 0) is 6.61 Å². The van der Waals surface area contributed by atoms with E-state index in [2.05, 4.69) is 6.07 Å². The third kappa shape index (κ3) is 0.346. The van der Waals surface area contributed by atoms with Gasteiger partial charge in [0.05, 0.1) is 6.61 Å². The average Bonchev–Trinajstić information content (AvgIpc) is 2.46. The summed E-state index contributed by atoms with van der Waals surface area (Å²) in [5.41, 5.74) is 3.63. The normalized spacial score (nSPS) is 11.6. The molecule has 0 amide bonds. The van der Waals surface area contributed by atoms with Crippen LogP contribution in [0.4, 0.5) is 0 Å². The molecule has 0 saturated carbocycles. The van der Waals surface area contributed by atoms with Gasteiger partial charge in [-0.05, 0) is 22.8 Å². The molecule has 0 unspecified atom stereocenters. The lowest BCUT2D eigenvalue weighted by atomic mass is 10.3. The van der Waals surface area contributed by atoms with E-state index in [1.165, 1.54) is 11.1 Å². The van der Waals surface area contributed by atoms with Crippen LogP contribution in [0.5, 0.6) is 0 Å². The Kier molecular flexibility index (Phi) is 0.573. The summed E-state index contributed by atoms with van der Waals surface area (Å²) in [7, 11) is 0. The van der Waals surface area contributed by atoms with Gasteiger partial charge in [-0.2, -0.15) is 0 Å². The minimum Gasteiger partial charge on any atom is -0.392 e. The second-order valence-electron chi connectivity index (χ2n) is 2.03. The van der Waals surface area contributed by atoms with E-state index in [-0.39, 0.29) is 6.61 Å². The number of hydrogen-bond donors (Lipinski definition) is 1. The lowest BCUT2D eigenvalue weighted by Gasteiger charge is -1.82. The van der Waals surface area contributed by atoms with E-state index in [0.717, 1.165) is 5.56 Å². The van der Waals surface area contributed by atoms with Gasteiger partial charge in [0.2, 0.25) is 0 Å². The summed E-state index contributed by atoms with van der Waals surface area (Å²) < 4.78 is 0. The van der Waals surface area contributed by atoms with Crippen LogP contribution >= 0.6 is 0 Å². The van der Waals surface area contributed by atoms with Crippen LogP contribution in [-0.4, -0.2) is 5.11 Å². The maximum atomic E-state index is 8.62. The summed E-state index contributed by atoms with van der Waals surface area (Å²) in [4.78, 5) is 0. The summed E-state index contributed by atoms with van der Waals surface area (Å²) in [6.45, 7) is 0.186. The summed E-state index contributed by atoms with van der Waals surface area (Å²) >= 11 is 0. The average molecular weight is 106 g/mol. The summed E-state index contributed by atoms with van der Waals surface area (Å²) in [6.07, 6.45) is 0. The highest BCUT2D eigenvalue weighted by molar-refractivity contribution is 5.84. The fourth-order valence-electron chi connectivity index (χ4n) is 0.953. The zero-order chi connectivity index (χ0) is 5.56. The summed E-state index contributed by atoms with van der Waals surface area (Å²) in [5.74, 6) is 0. The molecule has 0 fully saturated rings. The van der Waals surface area contributed by atoms with E-state index in [9.17, 15) is 0 Å². The van der Waals surface area contributed by atoms with Crippen molar-refractivity contribution < 1.29 is 5.11 Å². The third-order valence-corrected chi connectivity index (χ3v) is 1.51. The molecule has 8 heavy (non-hydrogen) atoms. The number of benzene rings is 1. The van der Waals surface area contributed by atoms with Crippen molar-refractivity contribution in [3.8, 4) is 11.1 Å². The molecular weight excluding hydrogens is 100 g/mol. The van der Waals surface area contributed by atoms with Crippen molar-refractivity contribution in [1.82, 2.24) is 0 Å². The molecule has 0 radical (unpaired) electrons. The van der Waals surface area contributed by atoms with E-state index in [4.69, 9.17) is 5.11 Å². The van der Waals surface area contributed by atoms with Crippen LogP contribution < -0.4 is 0 Å². The molecule has 0 aromatic heterocycles. The predicted octanol–water partition coefficient (Wildman–Crippen LogP) is 1.16. The molecule has 1 N–H and O–H groups in total. The van der Waals surface area contributed by atoms with Gasteiger partial charge < -0.3 is 5.11 Å². The van der Waals surface area contributed by atoms with Gasteiger partial charge in [-0.25, -0.2) is 0 Å². The first kappa shape index (κ1) is 4.10. The Bertz CT molecular complexity index is 228. The highest BCUT2D eigenvalue weighted by Gasteiger charge is 2.15. The van der Waals surface area contributed by atoms with Gasteiger partial charge >= 0.3 is 0 Å². The molecule has 0 aromatic rings. The summed E-state index contributed by atoms with van der Waals surface area (Å²) in [6, 6.07) is 6.07. The van der Waals surface area contributed by atoms with Crippen molar-refractivity contribution in [3.05, 3.63) is 23.8 Å². The van der Waals surface area contributed by atoms with Crippen molar-refractivity contribution in [2.75, 3.05) is 0 Å². The SMILES string of the molecule is OCc1ccc2cc1-2. The van der Waals surface area contributed by atoms with Crippen LogP contribution in [0.1, 0.15) is 5.56 Å². The Hall–Kier alpha value is -0.820. The Labute approximate surface area is 47.6 Å². The second kappa shape index (κ2) is 1.12. The molecule has 0 aromatic carbocycles. The van der Waals surface area contributed by atoms with Gasteiger partial charge in [-0.15, -0.1) is 0 Å². The van der Waals surface area contributed by atoms with Crippen molar-refractivity contribution in [2.45, 2.75) is 6.61 Å². The number of aliphatic hydroxyl groups excluding tert-OH is 1. The van der Waals surface area contributed by atoms with Crippen LogP contribution in [0, 0.1) is 0 Å². The molecule has 2 aliphatic rings. The zero-order valence-electron chi connectivity index (χ0n) is 4.39. The van der Waals surface area contributed by atoms with Crippen molar-refractivity contribution in [2.24, 2.45) is 0 Å². The van der Waals surface area contributed by atoms with E-state index in [0.29, 0.717) is 0 Å². The fourth-order valence-corrected chi connectivity index (χ4v) is 0.953. The van der Waals surface area contributed by atoms with Gasteiger partial charge in [-0.1, -0.05) is 12.1 Å². The summed E-state index contributed by atoms with van der Waals surface area (Å²) in [5, 5.41) is 8.62. The Balaban J connectivity index is 2.49. The van der Waals surface area contributed by atoms with Crippen LogP contribution in [0.3, 0.4) is 0 Å². The molecule has 40 valence electrons. The van der Waals surface area contributed by atoms with Gasteiger partial charge in [0, 0.05) is 0 Å². The molecule has 2 aliphatic carbocycles. The largest absolute Gasteiger partial charge is 0.392 e. The van der Waals surface area contributed by atoms with Gasteiger partial charge in [0.1, 0.15) is 0 Å². The smallest absolute Gasteiger partial charge is 0.0687 e. The van der Waals surface area contributed by atoms with E-state index in [1.54, 1.807) is 0 Å². The quantitative estimate of drug-likeness (QED) is 0.578. The van der Waals surface area contributed by atoms with Crippen LogP contribution in [0.2, 0.25) is 0 Å². The van der Waals surface area contributed by atoms with Crippen molar-refractivity contribution in [1.29, 1.82) is 0 Å². The van der Waals surface area contributed by atoms with Gasteiger partial charge in [0.25, 0.3) is 0 Å². The fraction of sp³-hybridized carbons (Fsp3) is 0.143. The Morgan fingerprint density at radius 1 is 1.38 bits per heavy atom. The molecule has 1 heteroatoms. The minimum absolute atomic E-state index is 0.186. The lowest BCUT2D eigenvalue weighted by Crippen LogP contribution is -1.73. The van der Waals surface area contributed by atoms with E-state index >= 15 is 0 Å². The highest BCUT2D eigenvalue weighted by atomic mass is 16.3. The topological polar surface area (TPSA) is 20.2 Å². The first-order valence-electron chi connectivity index (χ1n) is 2.66. The molecule has 0 saturated heterocycles. The maximum Gasteiger partial charge on any atom is 0.0687 e. The molecule has 0 spiro atoms. The molecular formula is C7H6O.